The first-order valence-electron chi connectivity index (χ1n) is 7.30. The standard InChI is InChI=1S/C17H17N3O4S/c1-12-3-8-16(24-2)15(11-12)20-25(22,23)14-6-4-13(5-7-14)19-17(21)9-10-18/h3-8,11,20H,9H2,1-2H3,(H,19,21). The van der Waals surface area contributed by atoms with Crippen molar-refractivity contribution in [1.29, 1.82) is 5.26 Å². The van der Waals surface area contributed by atoms with Crippen LogP contribution in [0.2, 0.25) is 0 Å². The fourth-order valence-electron chi connectivity index (χ4n) is 2.10. The van der Waals surface area contributed by atoms with Crippen LogP contribution in [-0.2, 0) is 14.8 Å². The highest BCUT2D eigenvalue weighted by Gasteiger charge is 2.17. The Morgan fingerprint density at radius 1 is 1.20 bits per heavy atom. The maximum Gasteiger partial charge on any atom is 0.262 e. The van der Waals surface area contributed by atoms with Crippen LogP contribution < -0.4 is 14.8 Å². The van der Waals surface area contributed by atoms with E-state index in [1.807, 2.05) is 13.0 Å². The number of anilines is 2. The minimum Gasteiger partial charge on any atom is -0.495 e. The zero-order valence-corrected chi connectivity index (χ0v) is 14.6. The number of aryl methyl sites for hydroxylation is 1. The number of amides is 1. The highest BCUT2D eigenvalue weighted by molar-refractivity contribution is 7.92. The molecule has 0 radical (unpaired) electrons. The predicted molar refractivity (Wildman–Crippen MR) is 93.8 cm³/mol. The summed E-state index contributed by atoms with van der Waals surface area (Å²) in [6.45, 7) is 1.84. The topological polar surface area (TPSA) is 108 Å². The van der Waals surface area contributed by atoms with Gasteiger partial charge in [0.15, 0.2) is 0 Å². The first-order valence-corrected chi connectivity index (χ1v) is 8.78. The van der Waals surface area contributed by atoms with Crippen molar-refractivity contribution in [1.82, 2.24) is 0 Å². The third-order valence-electron chi connectivity index (χ3n) is 3.29. The van der Waals surface area contributed by atoms with Gasteiger partial charge in [-0.15, -0.1) is 0 Å². The molecular weight excluding hydrogens is 342 g/mol. The molecular formula is C17H17N3O4S. The van der Waals surface area contributed by atoms with Crippen LogP contribution in [0.3, 0.4) is 0 Å². The Labute approximate surface area is 146 Å². The largest absolute Gasteiger partial charge is 0.495 e. The number of carbonyl (C=O) groups excluding carboxylic acids is 1. The van der Waals surface area contributed by atoms with Crippen LogP contribution in [0.25, 0.3) is 0 Å². The zero-order valence-electron chi connectivity index (χ0n) is 13.7. The van der Waals surface area contributed by atoms with Gasteiger partial charge in [-0.1, -0.05) is 6.07 Å². The molecule has 7 nitrogen and oxygen atoms in total. The summed E-state index contributed by atoms with van der Waals surface area (Å²) in [5.41, 5.74) is 1.63. The molecule has 130 valence electrons. The van der Waals surface area contributed by atoms with Crippen LogP contribution in [0.1, 0.15) is 12.0 Å². The first-order chi connectivity index (χ1) is 11.9. The van der Waals surface area contributed by atoms with Gasteiger partial charge in [0.1, 0.15) is 12.2 Å². The third kappa shape index (κ3) is 4.71. The molecule has 8 heteroatoms. The fourth-order valence-corrected chi connectivity index (χ4v) is 3.16. The van der Waals surface area contributed by atoms with Crippen molar-refractivity contribution in [3.8, 4) is 11.8 Å². The van der Waals surface area contributed by atoms with Crippen LogP contribution in [0.15, 0.2) is 47.4 Å². The summed E-state index contributed by atoms with van der Waals surface area (Å²) in [5.74, 6) is -0.0460. The molecule has 0 saturated heterocycles. The molecule has 2 aromatic rings. The smallest absolute Gasteiger partial charge is 0.262 e. The lowest BCUT2D eigenvalue weighted by atomic mass is 10.2. The van der Waals surface area contributed by atoms with Gasteiger partial charge in [-0.3, -0.25) is 9.52 Å². The van der Waals surface area contributed by atoms with Gasteiger partial charge in [-0.25, -0.2) is 8.42 Å². The second-order valence-corrected chi connectivity index (χ2v) is 6.90. The van der Waals surface area contributed by atoms with Crippen molar-refractivity contribution in [3.63, 3.8) is 0 Å². The Hall–Kier alpha value is -3.05. The van der Waals surface area contributed by atoms with Gasteiger partial charge in [0, 0.05) is 5.69 Å². The van der Waals surface area contributed by atoms with E-state index in [1.54, 1.807) is 18.2 Å². The molecule has 0 aliphatic heterocycles. The highest BCUT2D eigenvalue weighted by Crippen LogP contribution is 2.28. The summed E-state index contributed by atoms with van der Waals surface area (Å²) in [7, 11) is -2.35. The Balaban J connectivity index is 2.21. The minimum atomic E-state index is -3.81. The lowest BCUT2D eigenvalue weighted by Crippen LogP contribution is -2.14. The molecule has 0 bridgehead atoms. The number of hydrogen-bond donors (Lipinski definition) is 2. The summed E-state index contributed by atoms with van der Waals surface area (Å²) < 4.78 is 32.7. The average molecular weight is 359 g/mol. The van der Waals surface area contributed by atoms with E-state index in [4.69, 9.17) is 10.00 Å². The average Bonchev–Trinajstić information content (AvgIpc) is 2.55. The molecule has 1 amide bonds. The molecule has 2 aromatic carbocycles. The maximum atomic E-state index is 12.5. The maximum absolute atomic E-state index is 12.5. The van der Waals surface area contributed by atoms with Gasteiger partial charge in [-0.05, 0) is 48.9 Å². The van der Waals surface area contributed by atoms with Crippen molar-refractivity contribution < 1.29 is 17.9 Å². The molecule has 0 aliphatic carbocycles. The molecule has 0 heterocycles. The number of benzene rings is 2. The molecule has 0 atom stereocenters. The van der Waals surface area contributed by atoms with Crippen LogP contribution in [0, 0.1) is 18.3 Å². The molecule has 0 aromatic heterocycles. The minimum absolute atomic E-state index is 0.0364. The monoisotopic (exact) mass is 359 g/mol. The van der Waals surface area contributed by atoms with Gasteiger partial charge < -0.3 is 10.1 Å². The van der Waals surface area contributed by atoms with Gasteiger partial charge in [0.2, 0.25) is 5.91 Å². The predicted octanol–water partition coefficient (Wildman–Crippen LogP) is 2.66. The number of methoxy groups -OCH3 is 1. The van der Waals surface area contributed by atoms with Crippen molar-refractivity contribution in [2.75, 3.05) is 17.1 Å². The molecule has 25 heavy (non-hydrogen) atoms. The van der Waals surface area contributed by atoms with Crippen molar-refractivity contribution >= 4 is 27.3 Å². The van der Waals surface area contributed by atoms with Crippen molar-refractivity contribution in [2.45, 2.75) is 18.2 Å². The lowest BCUT2D eigenvalue weighted by molar-refractivity contribution is -0.115. The fraction of sp³-hybridized carbons (Fsp3) is 0.176. The number of nitrogens with one attached hydrogen (secondary N) is 2. The van der Waals surface area contributed by atoms with E-state index in [-0.39, 0.29) is 11.3 Å². The van der Waals surface area contributed by atoms with Crippen LogP contribution >= 0.6 is 0 Å². The SMILES string of the molecule is COc1ccc(C)cc1NS(=O)(=O)c1ccc(NC(=O)CC#N)cc1. The van der Waals surface area contributed by atoms with E-state index < -0.39 is 15.9 Å². The van der Waals surface area contributed by atoms with Crippen LogP contribution in [0.5, 0.6) is 5.75 Å². The van der Waals surface area contributed by atoms with E-state index in [0.29, 0.717) is 17.1 Å². The number of rotatable bonds is 6. The van der Waals surface area contributed by atoms with E-state index in [2.05, 4.69) is 10.0 Å². The number of ether oxygens (including phenoxy) is 1. The number of sulfonamides is 1. The van der Waals surface area contributed by atoms with Gasteiger partial charge in [0.25, 0.3) is 10.0 Å². The van der Waals surface area contributed by atoms with Gasteiger partial charge in [-0.2, -0.15) is 5.26 Å². The second-order valence-electron chi connectivity index (χ2n) is 5.22. The van der Waals surface area contributed by atoms with E-state index >= 15 is 0 Å². The zero-order chi connectivity index (χ0) is 18.4. The van der Waals surface area contributed by atoms with Crippen molar-refractivity contribution in [2.24, 2.45) is 0 Å². The number of nitriles is 1. The number of carbonyl (C=O) groups is 1. The van der Waals surface area contributed by atoms with Gasteiger partial charge >= 0.3 is 0 Å². The highest BCUT2D eigenvalue weighted by atomic mass is 32.2. The Bertz CT molecular complexity index is 916. The lowest BCUT2D eigenvalue weighted by Gasteiger charge is -2.13. The summed E-state index contributed by atoms with van der Waals surface area (Å²) in [6, 6.07) is 12.6. The molecule has 0 saturated carbocycles. The van der Waals surface area contributed by atoms with E-state index in [9.17, 15) is 13.2 Å². The normalized spacial score (nSPS) is 10.6. The van der Waals surface area contributed by atoms with Crippen LogP contribution in [-0.4, -0.2) is 21.4 Å². The molecule has 0 unspecified atom stereocenters. The summed E-state index contributed by atoms with van der Waals surface area (Å²) in [4.78, 5) is 11.4. The second kappa shape index (κ2) is 7.68. The Morgan fingerprint density at radius 3 is 2.48 bits per heavy atom. The molecule has 0 fully saturated rings. The summed E-state index contributed by atoms with van der Waals surface area (Å²) in [5, 5.41) is 11.0. The third-order valence-corrected chi connectivity index (χ3v) is 4.67. The Kier molecular flexibility index (Phi) is 5.62. The molecule has 2 rings (SSSR count). The first kappa shape index (κ1) is 18.3. The van der Waals surface area contributed by atoms with E-state index in [0.717, 1.165) is 5.56 Å². The summed E-state index contributed by atoms with van der Waals surface area (Å²) >= 11 is 0. The summed E-state index contributed by atoms with van der Waals surface area (Å²) in [6.07, 6.45) is -0.269. The quantitative estimate of drug-likeness (QED) is 0.824. The number of nitrogens with zero attached hydrogens (tertiary/aromatic N) is 1. The van der Waals surface area contributed by atoms with Crippen LogP contribution in [0.4, 0.5) is 11.4 Å². The molecule has 0 aliphatic rings. The Morgan fingerprint density at radius 2 is 1.88 bits per heavy atom. The van der Waals surface area contributed by atoms with Crippen molar-refractivity contribution in [3.05, 3.63) is 48.0 Å². The van der Waals surface area contributed by atoms with E-state index in [1.165, 1.54) is 31.4 Å². The number of hydrogen-bond acceptors (Lipinski definition) is 5. The van der Waals surface area contributed by atoms with Gasteiger partial charge in [0.05, 0.1) is 23.8 Å². The molecule has 2 N–H and O–H groups in total. The molecule has 0 spiro atoms.